The summed E-state index contributed by atoms with van der Waals surface area (Å²) >= 11 is 12.2. The Morgan fingerprint density at radius 3 is 2.00 bits per heavy atom. The Hall–Kier alpha value is -2.10. The van der Waals surface area contributed by atoms with E-state index in [1.54, 1.807) is 24.3 Å². The van der Waals surface area contributed by atoms with Crippen LogP contribution in [0.5, 0.6) is 0 Å². The largest absolute Gasteiger partial charge is 0.402 e. The minimum atomic E-state index is -0.496. The Morgan fingerprint density at radius 2 is 1.48 bits per heavy atom. The Morgan fingerprint density at radius 1 is 0.897 bits per heavy atom. The minimum absolute atomic E-state index is 0.0469. The second-order valence-corrected chi connectivity index (χ2v) is 10.1. The normalized spacial score (nSPS) is 16.2. The maximum atomic E-state index is 12.4. The van der Waals surface area contributed by atoms with E-state index in [1.807, 2.05) is 12.1 Å². The summed E-state index contributed by atoms with van der Waals surface area (Å²) in [4.78, 5) is 16.9. The second-order valence-electron chi connectivity index (χ2n) is 9.30. The van der Waals surface area contributed by atoms with Gasteiger partial charge in [-0.05, 0) is 57.9 Å². The number of aliphatic imine (C=N–C) groups is 1. The summed E-state index contributed by atoms with van der Waals surface area (Å²) in [5, 5.41) is 0.982. The van der Waals surface area contributed by atoms with Crippen molar-refractivity contribution < 1.29 is 9.53 Å². The van der Waals surface area contributed by atoms with Crippen LogP contribution in [0.1, 0.15) is 63.8 Å². The third kappa shape index (κ3) is 4.91. The van der Waals surface area contributed by atoms with Gasteiger partial charge in [0.1, 0.15) is 0 Å². The maximum Gasteiger partial charge on any atom is 0.363 e. The molecule has 0 aliphatic carbocycles. The summed E-state index contributed by atoms with van der Waals surface area (Å²) in [6.45, 7) is 13.0. The average Bonchev–Trinajstić information content (AvgIpc) is 2.96. The number of carbonyl (C=O) groups is 1. The van der Waals surface area contributed by atoms with Crippen LogP contribution in [0.3, 0.4) is 0 Å². The number of ether oxygens (including phenoxy) is 1. The van der Waals surface area contributed by atoms with E-state index in [4.69, 9.17) is 27.9 Å². The lowest BCUT2D eigenvalue weighted by molar-refractivity contribution is -0.129. The quantitative estimate of drug-likeness (QED) is 0.383. The molecule has 1 aliphatic heterocycles. The van der Waals surface area contributed by atoms with E-state index in [2.05, 4.69) is 52.6 Å². The molecule has 152 valence electrons. The van der Waals surface area contributed by atoms with Gasteiger partial charge in [-0.15, -0.1) is 0 Å². The van der Waals surface area contributed by atoms with Crippen LogP contribution in [0.25, 0.3) is 6.08 Å². The van der Waals surface area contributed by atoms with Gasteiger partial charge >= 0.3 is 5.97 Å². The smallest absolute Gasteiger partial charge is 0.363 e. The Labute approximate surface area is 182 Å². The molecule has 0 fully saturated rings. The van der Waals surface area contributed by atoms with Gasteiger partial charge in [-0.2, -0.15) is 0 Å². The van der Waals surface area contributed by atoms with Gasteiger partial charge in [-0.3, -0.25) is 0 Å². The van der Waals surface area contributed by atoms with Crippen LogP contribution >= 0.6 is 23.2 Å². The van der Waals surface area contributed by atoms with Crippen molar-refractivity contribution in [1.82, 2.24) is 0 Å². The molecule has 3 nitrogen and oxygen atoms in total. The highest BCUT2D eigenvalue weighted by molar-refractivity contribution is 6.35. The predicted molar refractivity (Wildman–Crippen MR) is 121 cm³/mol. The molecule has 0 amide bonds. The fourth-order valence-corrected chi connectivity index (χ4v) is 3.38. The summed E-state index contributed by atoms with van der Waals surface area (Å²) in [5.41, 5.74) is 3.90. The van der Waals surface area contributed by atoms with Gasteiger partial charge in [0.2, 0.25) is 5.90 Å². The standard InChI is InChI=1S/C24H25Cl2NO2/c1-23(2,3)16-9-15(10-17(12-16)24(4,5)6)21-27-20(22(28)29-21)11-14-7-8-18(25)13-19(14)26/h7-13H,1-6H3/b20-11+. The van der Waals surface area contributed by atoms with Gasteiger partial charge < -0.3 is 4.74 Å². The number of hydrogen-bond acceptors (Lipinski definition) is 3. The molecule has 0 bridgehead atoms. The minimum Gasteiger partial charge on any atom is -0.402 e. The first-order chi connectivity index (χ1) is 13.3. The number of halogens is 2. The Kier molecular flexibility index (Phi) is 5.68. The van der Waals surface area contributed by atoms with Crippen molar-refractivity contribution >= 4 is 41.1 Å². The van der Waals surface area contributed by atoms with E-state index in [0.29, 0.717) is 21.5 Å². The van der Waals surface area contributed by atoms with Crippen molar-refractivity contribution in [1.29, 1.82) is 0 Å². The van der Waals surface area contributed by atoms with E-state index in [0.717, 1.165) is 16.7 Å². The van der Waals surface area contributed by atoms with Crippen molar-refractivity contribution in [3.63, 3.8) is 0 Å². The lowest BCUT2D eigenvalue weighted by atomic mass is 9.79. The number of hydrogen-bond donors (Lipinski definition) is 0. The molecule has 29 heavy (non-hydrogen) atoms. The predicted octanol–water partition coefficient (Wildman–Crippen LogP) is 6.93. The molecule has 0 N–H and O–H groups in total. The topological polar surface area (TPSA) is 38.7 Å². The summed E-state index contributed by atoms with van der Waals surface area (Å²) in [6, 6.07) is 11.4. The summed E-state index contributed by atoms with van der Waals surface area (Å²) < 4.78 is 5.50. The van der Waals surface area contributed by atoms with Gasteiger partial charge in [-0.1, -0.05) is 76.9 Å². The summed E-state index contributed by atoms with van der Waals surface area (Å²) in [7, 11) is 0. The van der Waals surface area contributed by atoms with E-state index < -0.39 is 5.97 Å². The SMILES string of the molecule is CC(C)(C)c1cc(C2=N/C(=C/c3ccc(Cl)cc3Cl)C(=O)O2)cc(C(C)(C)C)c1. The molecule has 2 aromatic rings. The van der Waals surface area contributed by atoms with E-state index in [9.17, 15) is 4.79 Å². The number of benzene rings is 2. The number of esters is 1. The third-order valence-corrected chi connectivity index (χ3v) is 5.35. The molecule has 1 heterocycles. The first kappa shape index (κ1) is 21.6. The molecular formula is C24H25Cl2NO2. The lowest BCUT2D eigenvalue weighted by Gasteiger charge is -2.26. The molecule has 3 rings (SSSR count). The van der Waals surface area contributed by atoms with Crippen LogP contribution in [0.2, 0.25) is 10.0 Å². The fraction of sp³-hybridized carbons (Fsp3) is 0.333. The summed E-state index contributed by atoms with van der Waals surface area (Å²) in [5.74, 6) is -0.188. The van der Waals surface area contributed by atoms with Crippen molar-refractivity contribution in [2.24, 2.45) is 4.99 Å². The van der Waals surface area contributed by atoms with Crippen molar-refractivity contribution in [3.05, 3.63) is 74.4 Å². The van der Waals surface area contributed by atoms with Crippen LogP contribution in [0.4, 0.5) is 0 Å². The van der Waals surface area contributed by atoms with Crippen LogP contribution < -0.4 is 0 Å². The monoisotopic (exact) mass is 429 g/mol. The van der Waals surface area contributed by atoms with Crippen LogP contribution in [-0.4, -0.2) is 11.9 Å². The van der Waals surface area contributed by atoms with E-state index in [-0.39, 0.29) is 16.5 Å². The molecule has 0 unspecified atom stereocenters. The zero-order chi connectivity index (χ0) is 21.6. The first-order valence-corrected chi connectivity index (χ1v) is 10.2. The molecule has 0 saturated carbocycles. The highest BCUT2D eigenvalue weighted by Crippen LogP contribution is 2.32. The highest BCUT2D eigenvalue weighted by Gasteiger charge is 2.27. The van der Waals surface area contributed by atoms with Gasteiger partial charge in [0.15, 0.2) is 5.70 Å². The Bertz CT molecular complexity index is 1010. The molecule has 0 saturated heterocycles. The van der Waals surface area contributed by atoms with E-state index in [1.165, 1.54) is 0 Å². The molecular weight excluding hydrogens is 405 g/mol. The molecule has 0 atom stereocenters. The summed E-state index contributed by atoms with van der Waals surface area (Å²) in [6.07, 6.45) is 1.62. The number of carbonyl (C=O) groups excluding carboxylic acids is 1. The van der Waals surface area contributed by atoms with Crippen molar-refractivity contribution in [2.45, 2.75) is 52.4 Å². The van der Waals surface area contributed by atoms with Gasteiger partial charge in [0.05, 0.1) is 0 Å². The van der Waals surface area contributed by atoms with Crippen molar-refractivity contribution in [3.8, 4) is 0 Å². The third-order valence-electron chi connectivity index (χ3n) is 4.79. The number of cyclic esters (lactones) is 1. The molecule has 0 spiro atoms. The van der Waals surface area contributed by atoms with Crippen LogP contribution in [0.15, 0.2) is 47.1 Å². The number of nitrogens with zero attached hydrogens (tertiary/aromatic N) is 1. The van der Waals surface area contributed by atoms with E-state index >= 15 is 0 Å². The molecule has 0 radical (unpaired) electrons. The van der Waals surface area contributed by atoms with Gasteiger partial charge in [-0.25, -0.2) is 9.79 Å². The molecule has 0 aromatic heterocycles. The van der Waals surface area contributed by atoms with Gasteiger partial charge in [0, 0.05) is 15.6 Å². The van der Waals surface area contributed by atoms with Gasteiger partial charge in [0.25, 0.3) is 0 Å². The van der Waals surface area contributed by atoms with Crippen LogP contribution in [0, 0.1) is 0 Å². The number of rotatable bonds is 2. The molecule has 5 heteroatoms. The molecule has 2 aromatic carbocycles. The van der Waals surface area contributed by atoms with Crippen LogP contribution in [-0.2, 0) is 20.4 Å². The average molecular weight is 430 g/mol. The van der Waals surface area contributed by atoms with Crippen molar-refractivity contribution in [2.75, 3.05) is 0 Å². The zero-order valence-corrected chi connectivity index (χ0v) is 19.1. The zero-order valence-electron chi connectivity index (χ0n) is 17.6. The first-order valence-electron chi connectivity index (χ1n) is 9.48. The Balaban J connectivity index is 2.08. The second kappa shape index (κ2) is 7.62. The highest BCUT2D eigenvalue weighted by atomic mass is 35.5. The molecule has 1 aliphatic rings. The fourth-order valence-electron chi connectivity index (χ4n) is 2.92. The maximum absolute atomic E-state index is 12.4. The lowest BCUT2D eigenvalue weighted by Crippen LogP contribution is -2.18.